The molecule has 2 nitrogen and oxygen atoms in total. The van der Waals surface area contributed by atoms with Gasteiger partial charge in [0.2, 0.25) is 0 Å². The van der Waals surface area contributed by atoms with E-state index in [9.17, 15) is 0 Å². The fourth-order valence-corrected chi connectivity index (χ4v) is 2.73. The number of hydrogen-bond donors (Lipinski definition) is 1. The van der Waals surface area contributed by atoms with Crippen molar-refractivity contribution in [2.24, 2.45) is 4.99 Å². The minimum absolute atomic E-state index is 0.443. The molecule has 1 heterocycles. The van der Waals surface area contributed by atoms with Crippen molar-refractivity contribution in [2.75, 3.05) is 6.54 Å². The Morgan fingerprint density at radius 3 is 2.81 bits per heavy atom. The van der Waals surface area contributed by atoms with Gasteiger partial charge in [0.1, 0.15) is 0 Å². The molecule has 2 unspecified atom stereocenters. The molecule has 1 aromatic rings. The SMILES string of the molecule is CC(Cc1ccccc1)NC1=NCC(C)S1. The Morgan fingerprint density at radius 1 is 1.44 bits per heavy atom. The molecule has 2 atom stereocenters. The Hall–Kier alpha value is -0.960. The lowest BCUT2D eigenvalue weighted by Gasteiger charge is -2.14. The molecule has 1 aliphatic rings. The van der Waals surface area contributed by atoms with Crippen LogP contribution in [0.4, 0.5) is 0 Å². The van der Waals surface area contributed by atoms with Crippen LogP contribution in [0.2, 0.25) is 0 Å². The summed E-state index contributed by atoms with van der Waals surface area (Å²) < 4.78 is 0. The molecule has 0 radical (unpaired) electrons. The molecule has 3 heteroatoms. The molecule has 0 saturated carbocycles. The number of hydrogen-bond acceptors (Lipinski definition) is 3. The van der Waals surface area contributed by atoms with Gasteiger partial charge in [0, 0.05) is 11.3 Å². The normalized spacial score (nSPS) is 21.6. The summed E-state index contributed by atoms with van der Waals surface area (Å²) in [6.07, 6.45) is 1.05. The maximum atomic E-state index is 4.47. The Kier molecular flexibility index (Phi) is 3.88. The summed E-state index contributed by atoms with van der Waals surface area (Å²) in [7, 11) is 0. The van der Waals surface area contributed by atoms with Crippen molar-refractivity contribution in [1.29, 1.82) is 0 Å². The largest absolute Gasteiger partial charge is 0.362 e. The van der Waals surface area contributed by atoms with E-state index in [1.807, 2.05) is 11.8 Å². The van der Waals surface area contributed by atoms with Crippen molar-refractivity contribution in [3.8, 4) is 0 Å². The Morgan fingerprint density at radius 2 is 2.19 bits per heavy atom. The lowest BCUT2D eigenvalue weighted by atomic mass is 10.1. The van der Waals surface area contributed by atoms with Gasteiger partial charge in [0.05, 0.1) is 6.54 Å². The molecular weight excluding hydrogens is 216 g/mol. The van der Waals surface area contributed by atoms with Crippen LogP contribution in [0.25, 0.3) is 0 Å². The van der Waals surface area contributed by atoms with Gasteiger partial charge in [-0.3, -0.25) is 4.99 Å². The van der Waals surface area contributed by atoms with Crippen LogP contribution in [0, 0.1) is 0 Å². The van der Waals surface area contributed by atoms with Gasteiger partial charge in [0.15, 0.2) is 5.17 Å². The van der Waals surface area contributed by atoms with E-state index in [-0.39, 0.29) is 0 Å². The van der Waals surface area contributed by atoms with Crippen molar-refractivity contribution in [1.82, 2.24) is 5.32 Å². The number of nitrogens with zero attached hydrogens (tertiary/aromatic N) is 1. The zero-order valence-electron chi connectivity index (χ0n) is 9.81. The van der Waals surface area contributed by atoms with Crippen LogP contribution in [0.3, 0.4) is 0 Å². The fraction of sp³-hybridized carbons (Fsp3) is 0.462. The van der Waals surface area contributed by atoms with Crippen LogP contribution in [-0.4, -0.2) is 23.0 Å². The number of aliphatic imine (C=N–C) groups is 1. The van der Waals surface area contributed by atoms with E-state index >= 15 is 0 Å². The third kappa shape index (κ3) is 3.27. The van der Waals surface area contributed by atoms with Gasteiger partial charge in [-0.05, 0) is 18.9 Å². The van der Waals surface area contributed by atoms with E-state index in [0.29, 0.717) is 11.3 Å². The van der Waals surface area contributed by atoms with E-state index in [2.05, 4.69) is 54.5 Å². The van der Waals surface area contributed by atoms with Gasteiger partial charge in [-0.2, -0.15) is 0 Å². The first kappa shape index (κ1) is 11.5. The first-order valence-electron chi connectivity index (χ1n) is 5.75. The summed E-state index contributed by atoms with van der Waals surface area (Å²) in [6.45, 7) is 5.37. The standard InChI is InChI=1S/C13H18N2S/c1-10(8-12-6-4-3-5-7-12)15-13-14-9-11(2)16-13/h3-7,10-11H,8-9H2,1-2H3,(H,14,15). The molecular formula is C13H18N2S. The fourth-order valence-electron chi connectivity index (χ4n) is 1.79. The highest BCUT2D eigenvalue weighted by molar-refractivity contribution is 8.14. The maximum Gasteiger partial charge on any atom is 0.157 e. The molecule has 0 saturated heterocycles. The quantitative estimate of drug-likeness (QED) is 0.869. The molecule has 1 N–H and O–H groups in total. The van der Waals surface area contributed by atoms with Crippen molar-refractivity contribution in [3.63, 3.8) is 0 Å². The van der Waals surface area contributed by atoms with Crippen molar-refractivity contribution >= 4 is 16.9 Å². The number of thioether (sulfide) groups is 1. The van der Waals surface area contributed by atoms with Gasteiger partial charge >= 0.3 is 0 Å². The molecule has 0 aromatic heterocycles. The molecule has 0 amide bonds. The molecule has 1 aromatic carbocycles. The summed E-state index contributed by atoms with van der Waals surface area (Å²) in [5.41, 5.74) is 1.37. The van der Waals surface area contributed by atoms with E-state index in [1.54, 1.807) is 0 Å². The van der Waals surface area contributed by atoms with Crippen molar-refractivity contribution in [2.45, 2.75) is 31.6 Å². The zero-order chi connectivity index (χ0) is 11.4. The average molecular weight is 234 g/mol. The molecule has 0 spiro atoms. The predicted molar refractivity (Wildman–Crippen MR) is 72.1 cm³/mol. The highest BCUT2D eigenvalue weighted by atomic mass is 32.2. The van der Waals surface area contributed by atoms with E-state index < -0.39 is 0 Å². The Labute approximate surface area is 102 Å². The summed E-state index contributed by atoms with van der Waals surface area (Å²) in [5.74, 6) is 0. The van der Waals surface area contributed by atoms with Crippen LogP contribution in [-0.2, 0) is 6.42 Å². The number of nitrogens with one attached hydrogen (secondary N) is 1. The molecule has 1 aliphatic heterocycles. The topological polar surface area (TPSA) is 24.4 Å². The van der Waals surface area contributed by atoms with Gasteiger partial charge in [-0.25, -0.2) is 0 Å². The summed E-state index contributed by atoms with van der Waals surface area (Å²) in [6, 6.07) is 11.0. The monoisotopic (exact) mass is 234 g/mol. The first-order chi connectivity index (χ1) is 7.74. The Bertz CT molecular complexity index is 361. The minimum atomic E-state index is 0.443. The highest BCUT2D eigenvalue weighted by Crippen LogP contribution is 2.19. The second-order valence-corrected chi connectivity index (χ2v) is 5.74. The van der Waals surface area contributed by atoms with Gasteiger partial charge < -0.3 is 5.32 Å². The number of benzene rings is 1. The summed E-state index contributed by atoms with van der Waals surface area (Å²) in [4.78, 5) is 4.47. The van der Waals surface area contributed by atoms with Crippen LogP contribution in [0.1, 0.15) is 19.4 Å². The first-order valence-corrected chi connectivity index (χ1v) is 6.63. The smallest absolute Gasteiger partial charge is 0.157 e. The molecule has 16 heavy (non-hydrogen) atoms. The summed E-state index contributed by atoms with van der Waals surface area (Å²) in [5, 5.41) is 5.21. The van der Waals surface area contributed by atoms with Crippen LogP contribution in [0.15, 0.2) is 35.3 Å². The van der Waals surface area contributed by atoms with Crippen molar-refractivity contribution < 1.29 is 0 Å². The molecule has 2 rings (SSSR count). The molecule has 0 fully saturated rings. The third-order valence-electron chi connectivity index (χ3n) is 2.56. The number of rotatable bonds is 3. The van der Waals surface area contributed by atoms with Gasteiger partial charge in [-0.1, -0.05) is 49.0 Å². The minimum Gasteiger partial charge on any atom is -0.362 e. The van der Waals surface area contributed by atoms with E-state index in [4.69, 9.17) is 0 Å². The van der Waals surface area contributed by atoms with Crippen LogP contribution >= 0.6 is 11.8 Å². The molecule has 0 aliphatic carbocycles. The average Bonchev–Trinajstić information content (AvgIpc) is 2.65. The maximum absolute atomic E-state index is 4.47. The van der Waals surface area contributed by atoms with E-state index in [1.165, 1.54) is 5.56 Å². The van der Waals surface area contributed by atoms with Crippen LogP contribution < -0.4 is 5.32 Å². The summed E-state index contributed by atoms with van der Waals surface area (Å²) >= 11 is 1.84. The van der Waals surface area contributed by atoms with Gasteiger partial charge in [-0.15, -0.1) is 0 Å². The molecule has 86 valence electrons. The van der Waals surface area contributed by atoms with Gasteiger partial charge in [0.25, 0.3) is 0 Å². The second kappa shape index (κ2) is 5.39. The van der Waals surface area contributed by atoms with Crippen LogP contribution in [0.5, 0.6) is 0 Å². The second-order valence-electron chi connectivity index (χ2n) is 4.31. The third-order valence-corrected chi connectivity index (χ3v) is 3.58. The highest BCUT2D eigenvalue weighted by Gasteiger charge is 2.16. The Balaban J connectivity index is 1.83. The van der Waals surface area contributed by atoms with E-state index in [0.717, 1.165) is 18.1 Å². The number of amidine groups is 1. The van der Waals surface area contributed by atoms with Crippen molar-refractivity contribution in [3.05, 3.63) is 35.9 Å². The lowest BCUT2D eigenvalue weighted by molar-refractivity contribution is 0.665. The molecule has 0 bridgehead atoms. The lowest BCUT2D eigenvalue weighted by Crippen LogP contribution is -2.31. The zero-order valence-corrected chi connectivity index (χ0v) is 10.6. The predicted octanol–water partition coefficient (Wildman–Crippen LogP) is 2.70.